The summed E-state index contributed by atoms with van der Waals surface area (Å²) in [5.74, 6) is 0.0591. The highest BCUT2D eigenvalue weighted by Gasteiger charge is 2.22. The second kappa shape index (κ2) is 8.32. The number of carbonyl (C=O) groups is 1. The Labute approximate surface area is 132 Å². The van der Waals surface area contributed by atoms with Crippen LogP contribution in [0.2, 0.25) is 0 Å². The molecule has 1 aromatic rings. The average molecular weight is 306 g/mol. The monoisotopic (exact) mass is 306 g/mol. The van der Waals surface area contributed by atoms with Crippen molar-refractivity contribution in [2.45, 2.75) is 50.3 Å². The van der Waals surface area contributed by atoms with E-state index in [0.717, 1.165) is 37.1 Å². The van der Waals surface area contributed by atoms with Gasteiger partial charge >= 0.3 is 0 Å². The molecule has 1 fully saturated rings. The zero-order chi connectivity index (χ0) is 15.1. The second-order valence-corrected chi connectivity index (χ2v) is 6.84. The molecule has 2 N–H and O–H groups in total. The standard InChI is InChI=1S/C17H26N2OS/c1-3-11-18-14-9-7-13(8-10-14)17(20)19-15-5-4-6-16(12-15)21-2/h7-10,15-16,18H,3-6,11-12H2,1-2H3,(H,19,20). The number of anilines is 1. The predicted octanol–water partition coefficient (Wildman–Crippen LogP) is 3.91. The molecule has 116 valence electrons. The molecule has 2 atom stereocenters. The van der Waals surface area contributed by atoms with Gasteiger partial charge in [-0.05, 0) is 56.2 Å². The van der Waals surface area contributed by atoms with Gasteiger partial charge in [-0.2, -0.15) is 11.8 Å². The van der Waals surface area contributed by atoms with Crippen LogP contribution in [0.25, 0.3) is 0 Å². The largest absolute Gasteiger partial charge is 0.385 e. The number of hydrogen-bond donors (Lipinski definition) is 2. The SMILES string of the molecule is CCCNc1ccc(C(=O)NC2CCCC(SC)C2)cc1. The Hall–Kier alpha value is -1.16. The van der Waals surface area contributed by atoms with Crippen LogP contribution in [0, 0.1) is 0 Å². The van der Waals surface area contributed by atoms with E-state index in [1.807, 2.05) is 36.0 Å². The van der Waals surface area contributed by atoms with Crippen LogP contribution < -0.4 is 10.6 Å². The van der Waals surface area contributed by atoms with Gasteiger partial charge in [0.2, 0.25) is 0 Å². The van der Waals surface area contributed by atoms with Crippen LogP contribution in [0.4, 0.5) is 5.69 Å². The predicted molar refractivity (Wildman–Crippen MR) is 92.2 cm³/mol. The number of carbonyl (C=O) groups excluding carboxylic acids is 1. The van der Waals surface area contributed by atoms with E-state index in [2.05, 4.69) is 23.8 Å². The van der Waals surface area contributed by atoms with E-state index in [4.69, 9.17) is 0 Å². The first-order valence-corrected chi connectivity index (χ1v) is 9.19. The molecule has 0 spiro atoms. The van der Waals surface area contributed by atoms with Gasteiger partial charge in [-0.15, -0.1) is 0 Å². The zero-order valence-electron chi connectivity index (χ0n) is 13.0. The normalized spacial score (nSPS) is 21.8. The molecule has 21 heavy (non-hydrogen) atoms. The van der Waals surface area contributed by atoms with Crippen LogP contribution in [0.15, 0.2) is 24.3 Å². The summed E-state index contributed by atoms with van der Waals surface area (Å²) in [6.45, 7) is 3.10. The Morgan fingerprint density at radius 1 is 1.29 bits per heavy atom. The molecule has 1 amide bonds. The minimum absolute atomic E-state index is 0.0591. The quantitative estimate of drug-likeness (QED) is 0.837. The van der Waals surface area contributed by atoms with Crippen molar-refractivity contribution < 1.29 is 4.79 Å². The third-order valence-corrected chi connectivity index (χ3v) is 5.12. The smallest absolute Gasteiger partial charge is 0.251 e. The molecule has 4 heteroatoms. The average Bonchev–Trinajstić information content (AvgIpc) is 2.53. The third-order valence-electron chi connectivity index (χ3n) is 4.02. The molecule has 2 unspecified atom stereocenters. The highest BCUT2D eigenvalue weighted by atomic mass is 32.2. The Kier molecular flexibility index (Phi) is 6.43. The zero-order valence-corrected chi connectivity index (χ0v) is 13.8. The lowest BCUT2D eigenvalue weighted by atomic mass is 9.94. The van der Waals surface area contributed by atoms with Crippen LogP contribution in [0.5, 0.6) is 0 Å². The Morgan fingerprint density at radius 3 is 2.71 bits per heavy atom. The maximum Gasteiger partial charge on any atom is 0.251 e. The molecule has 0 bridgehead atoms. The van der Waals surface area contributed by atoms with E-state index in [1.54, 1.807) is 0 Å². The molecular formula is C17H26N2OS. The van der Waals surface area contributed by atoms with Crippen molar-refractivity contribution in [2.24, 2.45) is 0 Å². The van der Waals surface area contributed by atoms with Gasteiger partial charge < -0.3 is 10.6 Å². The van der Waals surface area contributed by atoms with Gasteiger partial charge in [-0.3, -0.25) is 4.79 Å². The van der Waals surface area contributed by atoms with Gasteiger partial charge in [0.1, 0.15) is 0 Å². The molecule has 0 radical (unpaired) electrons. The lowest BCUT2D eigenvalue weighted by Gasteiger charge is -2.28. The van der Waals surface area contributed by atoms with E-state index < -0.39 is 0 Å². The minimum atomic E-state index is 0.0591. The minimum Gasteiger partial charge on any atom is -0.385 e. The van der Waals surface area contributed by atoms with E-state index in [-0.39, 0.29) is 5.91 Å². The number of amides is 1. The molecule has 1 aliphatic rings. The Morgan fingerprint density at radius 2 is 2.05 bits per heavy atom. The van der Waals surface area contributed by atoms with Gasteiger partial charge in [0.15, 0.2) is 0 Å². The molecule has 2 rings (SSSR count). The lowest BCUT2D eigenvalue weighted by Crippen LogP contribution is -2.39. The van der Waals surface area contributed by atoms with Gasteiger partial charge in [0, 0.05) is 29.1 Å². The number of benzene rings is 1. The Balaban J connectivity index is 1.87. The molecule has 0 aromatic heterocycles. The maximum atomic E-state index is 12.3. The number of rotatable bonds is 6. The highest BCUT2D eigenvalue weighted by Crippen LogP contribution is 2.27. The molecule has 1 aromatic carbocycles. The summed E-state index contributed by atoms with van der Waals surface area (Å²) in [5.41, 5.74) is 1.83. The molecule has 0 saturated heterocycles. The molecular weight excluding hydrogens is 280 g/mol. The van der Waals surface area contributed by atoms with Gasteiger partial charge in [0.25, 0.3) is 5.91 Å². The van der Waals surface area contributed by atoms with Crippen molar-refractivity contribution in [1.82, 2.24) is 5.32 Å². The third kappa shape index (κ3) is 4.95. The topological polar surface area (TPSA) is 41.1 Å². The molecule has 3 nitrogen and oxygen atoms in total. The van der Waals surface area contributed by atoms with Gasteiger partial charge in [0.05, 0.1) is 0 Å². The van der Waals surface area contributed by atoms with Crippen molar-refractivity contribution in [2.75, 3.05) is 18.1 Å². The van der Waals surface area contributed by atoms with Gasteiger partial charge in [-0.1, -0.05) is 13.3 Å². The van der Waals surface area contributed by atoms with Gasteiger partial charge in [-0.25, -0.2) is 0 Å². The molecule has 0 heterocycles. The molecule has 1 aliphatic carbocycles. The van der Waals surface area contributed by atoms with E-state index in [0.29, 0.717) is 11.3 Å². The number of thioether (sulfide) groups is 1. The highest BCUT2D eigenvalue weighted by molar-refractivity contribution is 7.99. The van der Waals surface area contributed by atoms with Crippen molar-refractivity contribution in [1.29, 1.82) is 0 Å². The van der Waals surface area contributed by atoms with E-state index in [9.17, 15) is 4.79 Å². The van der Waals surface area contributed by atoms with Crippen molar-refractivity contribution in [3.05, 3.63) is 29.8 Å². The van der Waals surface area contributed by atoms with Crippen molar-refractivity contribution in [3.63, 3.8) is 0 Å². The van der Waals surface area contributed by atoms with Crippen LogP contribution in [0.3, 0.4) is 0 Å². The first-order chi connectivity index (χ1) is 10.2. The van der Waals surface area contributed by atoms with Crippen LogP contribution in [-0.2, 0) is 0 Å². The first kappa shape index (κ1) is 16.2. The van der Waals surface area contributed by atoms with Crippen LogP contribution in [0.1, 0.15) is 49.4 Å². The van der Waals surface area contributed by atoms with E-state index >= 15 is 0 Å². The fourth-order valence-electron chi connectivity index (χ4n) is 2.77. The lowest BCUT2D eigenvalue weighted by molar-refractivity contribution is 0.0928. The fraction of sp³-hybridized carbons (Fsp3) is 0.588. The summed E-state index contributed by atoms with van der Waals surface area (Å²) in [7, 11) is 0. The maximum absolute atomic E-state index is 12.3. The summed E-state index contributed by atoms with van der Waals surface area (Å²) in [6, 6.07) is 8.11. The van der Waals surface area contributed by atoms with Crippen molar-refractivity contribution in [3.8, 4) is 0 Å². The van der Waals surface area contributed by atoms with Crippen LogP contribution >= 0.6 is 11.8 Å². The fourth-order valence-corrected chi connectivity index (χ4v) is 3.59. The summed E-state index contributed by atoms with van der Waals surface area (Å²) >= 11 is 1.92. The van der Waals surface area contributed by atoms with Crippen LogP contribution in [-0.4, -0.2) is 30.0 Å². The summed E-state index contributed by atoms with van der Waals surface area (Å²) < 4.78 is 0. The molecule has 0 aliphatic heterocycles. The van der Waals surface area contributed by atoms with Crippen molar-refractivity contribution >= 4 is 23.4 Å². The van der Waals surface area contributed by atoms with E-state index in [1.165, 1.54) is 12.8 Å². The molecule has 1 saturated carbocycles. The number of hydrogen-bond acceptors (Lipinski definition) is 3. The second-order valence-electron chi connectivity index (χ2n) is 5.70. The number of nitrogens with one attached hydrogen (secondary N) is 2. The first-order valence-electron chi connectivity index (χ1n) is 7.90. The summed E-state index contributed by atoms with van der Waals surface area (Å²) in [5, 5.41) is 7.21. The summed E-state index contributed by atoms with van der Waals surface area (Å²) in [4.78, 5) is 12.3. The Bertz CT molecular complexity index is 447. The summed E-state index contributed by atoms with van der Waals surface area (Å²) in [6.07, 6.45) is 7.97.